The largest absolute Gasteiger partial charge is 0.491 e. The molecule has 2 heterocycles. The minimum atomic E-state index is -0.453. The Morgan fingerprint density at radius 2 is 1.37 bits per heavy atom. The fourth-order valence-electron chi connectivity index (χ4n) is 7.12. The van der Waals surface area contributed by atoms with Crippen LogP contribution in [0.15, 0.2) is 95.1 Å². The van der Waals surface area contributed by atoms with Crippen molar-refractivity contribution in [3.8, 4) is 22.9 Å². The Morgan fingerprint density at radius 1 is 0.776 bits per heavy atom. The zero-order chi connectivity index (χ0) is 47.5. The van der Waals surface area contributed by atoms with E-state index in [9.17, 15) is 19.6 Å². The number of nitriles is 1. The van der Waals surface area contributed by atoms with Crippen LogP contribution in [0.2, 0.25) is 0 Å². The van der Waals surface area contributed by atoms with Gasteiger partial charge in [0.2, 0.25) is 5.91 Å². The fourth-order valence-corrected chi connectivity index (χ4v) is 7.48. The van der Waals surface area contributed by atoms with Crippen molar-refractivity contribution < 1.29 is 47.5 Å². The third-order valence-electron chi connectivity index (χ3n) is 10.5. The normalized spacial score (nSPS) is 12.8. The van der Waals surface area contributed by atoms with Crippen LogP contribution in [0.5, 0.6) is 5.75 Å². The van der Waals surface area contributed by atoms with Crippen LogP contribution in [0.25, 0.3) is 17.2 Å². The highest BCUT2D eigenvalue weighted by atomic mass is 79.9. The summed E-state index contributed by atoms with van der Waals surface area (Å²) in [5, 5.41) is 15.5. The number of aromatic nitrogens is 1. The van der Waals surface area contributed by atoms with Crippen LogP contribution in [0, 0.1) is 11.3 Å². The SMILES string of the molecule is CCC[C@H](NC(=O)/C(C#N)=C/c1cccc(Br)n1)c1ccc(OCCOCCOCCOCCOCCOCCOCCNC(=O)c2ccc(-c3ccc4c(c3)CCCN4C(C)=O)cc2)cc1. The van der Waals surface area contributed by atoms with Gasteiger partial charge in [-0.1, -0.05) is 49.7 Å². The lowest BCUT2D eigenvalue weighted by atomic mass is 9.95. The van der Waals surface area contributed by atoms with Gasteiger partial charge < -0.3 is 48.7 Å². The number of rotatable bonds is 30. The molecule has 15 nitrogen and oxygen atoms in total. The monoisotopic (exact) mass is 983 g/mol. The van der Waals surface area contributed by atoms with Crippen molar-refractivity contribution in [2.75, 3.05) is 104 Å². The Balaban J connectivity index is 0.789. The number of pyridine rings is 1. The Bertz CT molecular complexity index is 2220. The third-order valence-corrected chi connectivity index (χ3v) is 10.9. The van der Waals surface area contributed by atoms with Crippen molar-refractivity contribution in [2.24, 2.45) is 0 Å². The van der Waals surface area contributed by atoms with E-state index in [2.05, 4.69) is 37.6 Å². The van der Waals surface area contributed by atoms with Gasteiger partial charge in [0.05, 0.1) is 91.0 Å². The number of nitrogens with zero attached hydrogens (tertiary/aromatic N) is 3. The molecular weight excluding hydrogens is 922 g/mol. The molecule has 0 saturated heterocycles. The number of hydrogen-bond donors (Lipinski definition) is 2. The zero-order valence-electron chi connectivity index (χ0n) is 38.5. The fraction of sp³-hybridized carbons (Fsp3) is 0.431. The van der Waals surface area contributed by atoms with Crippen LogP contribution in [0.1, 0.15) is 66.3 Å². The minimum absolute atomic E-state index is 0.0169. The summed E-state index contributed by atoms with van der Waals surface area (Å²) in [5.74, 6) is 0.138. The number of fused-ring (bicyclic) bond motifs is 1. The molecule has 2 N–H and O–H groups in total. The van der Waals surface area contributed by atoms with E-state index < -0.39 is 5.91 Å². The van der Waals surface area contributed by atoms with E-state index in [1.54, 1.807) is 25.1 Å². The molecule has 0 saturated carbocycles. The molecule has 0 aliphatic carbocycles. The number of ether oxygens (including phenoxy) is 7. The number of benzene rings is 3. The predicted molar refractivity (Wildman–Crippen MR) is 259 cm³/mol. The number of aryl methyl sites for hydroxylation is 1. The molecule has 1 aliphatic rings. The molecule has 0 radical (unpaired) electrons. The predicted octanol–water partition coefficient (Wildman–Crippen LogP) is 7.28. The maximum Gasteiger partial charge on any atom is 0.262 e. The van der Waals surface area contributed by atoms with Crippen LogP contribution in [-0.4, -0.2) is 122 Å². The molecule has 0 bridgehead atoms. The van der Waals surface area contributed by atoms with E-state index in [1.807, 2.05) is 78.6 Å². The quantitative estimate of drug-likeness (QED) is 0.0231. The van der Waals surface area contributed by atoms with E-state index >= 15 is 0 Å². The second kappa shape index (κ2) is 30.0. The van der Waals surface area contributed by atoms with Gasteiger partial charge in [-0.2, -0.15) is 5.26 Å². The first kappa shape index (κ1) is 52.5. The summed E-state index contributed by atoms with van der Waals surface area (Å²) in [6.45, 7) is 10.3. The summed E-state index contributed by atoms with van der Waals surface area (Å²) in [6, 6.07) is 28.3. The van der Waals surface area contributed by atoms with Crippen LogP contribution in [0.3, 0.4) is 0 Å². The third kappa shape index (κ3) is 18.6. The molecule has 5 rings (SSSR count). The summed E-state index contributed by atoms with van der Waals surface area (Å²) >= 11 is 3.31. The molecule has 1 atom stereocenters. The number of amides is 3. The Morgan fingerprint density at radius 3 is 1.96 bits per heavy atom. The average Bonchev–Trinajstić information content (AvgIpc) is 3.34. The first-order chi connectivity index (χ1) is 32.7. The summed E-state index contributed by atoms with van der Waals surface area (Å²) < 4.78 is 39.8. The van der Waals surface area contributed by atoms with E-state index in [-0.39, 0.29) is 23.4 Å². The Labute approximate surface area is 402 Å². The van der Waals surface area contributed by atoms with Gasteiger partial charge in [-0.05, 0) is 112 Å². The van der Waals surface area contributed by atoms with Gasteiger partial charge >= 0.3 is 0 Å². The average molecular weight is 985 g/mol. The standard InChI is InChI=1S/C51H62BrN5O10/c1-3-6-47(56-51(60)44(37-53)36-45-8-4-9-49(52)55-45)40-14-17-46(18-15-40)67-34-33-66-32-31-65-30-29-64-28-27-63-26-25-62-24-23-61-22-20-54-50(59)41-12-10-39(11-13-41)42-16-19-48-43(35-42)7-5-21-57(48)38(2)58/h4,8-19,35-36,47H,3,5-7,20-34H2,1-2H3,(H,54,59)(H,56,60)/b44-36+/t47-/m0/s1. The van der Waals surface area contributed by atoms with E-state index in [4.69, 9.17) is 33.2 Å². The maximum atomic E-state index is 13.0. The molecule has 0 fully saturated rings. The second-order valence-electron chi connectivity index (χ2n) is 15.4. The topological polar surface area (TPSA) is 180 Å². The molecule has 1 aliphatic heterocycles. The lowest BCUT2D eigenvalue weighted by Crippen LogP contribution is -2.33. The highest BCUT2D eigenvalue weighted by molar-refractivity contribution is 9.10. The highest BCUT2D eigenvalue weighted by Crippen LogP contribution is 2.32. The number of hydrogen-bond acceptors (Lipinski definition) is 12. The lowest BCUT2D eigenvalue weighted by Gasteiger charge is -2.29. The lowest BCUT2D eigenvalue weighted by molar-refractivity contribution is -0.118. The molecule has 0 unspecified atom stereocenters. The summed E-state index contributed by atoms with van der Waals surface area (Å²) in [7, 11) is 0. The Kier molecular flexibility index (Phi) is 23.5. The van der Waals surface area contributed by atoms with Crippen molar-refractivity contribution in [3.63, 3.8) is 0 Å². The van der Waals surface area contributed by atoms with Crippen LogP contribution >= 0.6 is 15.9 Å². The summed E-state index contributed by atoms with van der Waals surface area (Å²) in [5.41, 5.74) is 6.23. The number of anilines is 1. The van der Waals surface area contributed by atoms with Crippen LogP contribution in [0.4, 0.5) is 5.69 Å². The van der Waals surface area contributed by atoms with Gasteiger partial charge in [-0.25, -0.2) is 4.98 Å². The summed E-state index contributed by atoms with van der Waals surface area (Å²) in [4.78, 5) is 43.7. The maximum absolute atomic E-state index is 13.0. The van der Waals surface area contributed by atoms with Crippen molar-refractivity contribution in [3.05, 3.63) is 117 Å². The molecule has 3 aromatic carbocycles. The molecule has 1 aromatic heterocycles. The first-order valence-electron chi connectivity index (χ1n) is 22.8. The summed E-state index contributed by atoms with van der Waals surface area (Å²) in [6.07, 6.45) is 4.92. The van der Waals surface area contributed by atoms with Crippen molar-refractivity contribution in [1.82, 2.24) is 15.6 Å². The van der Waals surface area contributed by atoms with Gasteiger partial charge in [0, 0.05) is 31.3 Å². The van der Waals surface area contributed by atoms with E-state index in [0.29, 0.717) is 120 Å². The molecule has 16 heteroatoms. The van der Waals surface area contributed by atoms with Crippen molar-refractivity contribution >= 4 is 45.4 Å². The molecule has 0 spiro atoms. The smallest absolute Gasteiger partial charge is 0.262 e. The highest BCUT2D eigenvalue weighted by Gasteiger charge is 2.21. The first-order valence-corrected chi connectivity index (χ1v) is 23.6. The molecule has 358 valence electrons. The van der Waals surface area contributed by atoms with E-state index in [1.165, 1.54) is 11.6 Å². The van der Waals surface area contributed by atoms with Crippen molar-refractivity contribution in [2.45, 2.75) is 45.6 Å². The molecule has 4 aromatic rings. The minimum Gasteiger partial charge on any atom is -0.491 e. The molecular formula is C51H62BrN5O10. The van der Waals surface area contributed by atoms with Gasteiger partial charge in [-0.15, -0.1) is 0 Å². The van der Waals surface area contributed by atoms with Gasteiger partial charge in [0.1, 0.15) is 28.6 Å². The number of carbonyl (C=O) groups is 3. The number of halogens is 1. The molecule has 3 amide bonds. The van der Waals surface area contributed by atoms with Crippen LogP contribution < -0.4 is 20.3 Å². The van der Waals surface area contributed by atoms with Crippen LogP contribution in [-0.2, 0) is 44.4 Å². The number of carbonyl (C=O) groups excluding carboxylic acids is 3. The van der Waals surface area contributed by atoms with Gasteiger partial charge in [0.15, 0.2) is 0 Å². The zero-order valence-corrected chi connectivity index (χ0v) is 40.1. The molecule has 67 heavy (non-hydrogen) atoms. The second-order valence-corrected chi connectivity index (χ2v) is 16.2. The van der Waals surface area contributed by atoms with Crippen molar-refractivity contribution in [1.29, 1.82) is 5.26 Å². The Hall–Kier alpha value is -5.51. The van der Waals surface area contributed by atoms with E-state index in [0.717, 1.165) is 48.2 Å². The van der Waals surface area contributed by atoms with Gasteiger partial charge in [-0.3, -0.25) is 14.4 Å². The number of nitrogens with one attached hydrogen (secondary N) is 2. The van der Waals surface area contributed by atoms with Gasteiger partial charge in [0.25, 0.3) is 11.8 Å².